The Morgan fingerprint density at radius 2 is 2.04 bits per heavy atom. The van der Waals surface area contributed by atoms with Crippen molar-refractivity contribution in [2.75, 3.05) is 26.7 Å². The number of rotatable bonds is 3. The van der Waals surface area contributed by atoms with Crippen LogP contribution in [0.4, 0.5) is 4.79 Å². The van der Waals surface area contributed by atoms with Crippen molar-refractivity contribution in [2.24, 2.45) is 5.92 Å². The van der Waals surface area contributed by atoms with E-state index in [-0.39, 0.29) is 12.1 Å². The van der Waals surface area contributed by atoms with Gasteiger partial charge >= 0.3 is 6.03 Å². The first kappa shape index (κ1) is 15.3. The van der Waals surface area contributed by atoms with Crippen LogP contribution in [0.2, 0.25) is 0 Å². The minimum atomic E-state index is -0.0390. The smallest absolute Gasteiger partial charge is 0.325 e. The van der Waals surface area contributed by atoms with E-state index in [0.29, 0.717) is 5.92 Å². The van der Waals surface area contributed by atoms with Gasteiger partial charge in [0.1, 0.15) is 5.75 Å². The van der Waals surface area contributed by atoms with E-state index in [1.165, 1.54) is 25.9 Å². The topological polar surface area (TPSA) is 46.5 Å². The standard InChI is InChI=1S/C19H23N3O2/c1-24-17-4-2-3-15(11-17)16-7-10-22(12-16)19(23)20-18-13-21-8-5-14(18)6-9-21/h2-4,7,10-12,14,18H,5-6,8-9,13H2,1H3,(H,20,23)/t18-/m0/s1. The number of carbonyl (C=O) groups is 1. The maximum atomic E-state index is 12.6. The Morgan fingerprint density at radius 3 is 2.75 bits per heavy atom. The van der Waals surface area contributed by atoms with Gasteiger partial charge in [-0.3, -0.25) is 4.57 Å². The van der Waals surface area contributed by atoms with E-state index in [2.05, 4.69) is 10.2 Å². The molecule has 4 heterocycles. The van der Waals surface area contributed by atoms with Gasteiger partial charge in [0.15, 0.2) is 0 Å². The van der Waals surface area contributed by atoms with E-state index >= 15 is 0 Å². The molecule has 5 nitrogen and oxygen atoms in total. The Morgan fingerprint density at radius 1 is 1.21 bits per heavy atom. The van der Waals surface area contributed by atoms with Crippen LogP contribution in [0.3, 0.4) is 0 Å². The molecule has 0 spiro atoms. The Bertz CT molecular complexity index is 732. The van der Waals surface area contributed by atoms with E-state index in [9.17, 15) is 4.79 Å². The quantitative estimate of drug-likeness (QED) is 0.944. The second-order valence-electron chi connectivity index (χ2n) is 6.73. The number of fused-ring (bicyclic) bond motifs is 3. The van der Waals surface area contributed by atoms with Gasteiger partial charge in [0.05, 0.1) is 7.11 Å². The first-order chi connectivity index (χ1) is 11.7. The number of nitrogens with zero attached hydrogens (tertiary/aromatic N) is 2. The summed E-state index contributed by atoms with van der Waals surface area (Å²) in [5.74, 6) is 1.45. The fourth-order valence-electron chi connectivity index (χ4n) is 3.86. The molecule has 5 rings (SSSR count). The van der Waals surface area contributed by atoms with Crippen molar-refractivity contribution < 1.29 is 9.53 Å². The van der Waals surface area contributed by atoms with Crippen LogP contribution in [-0.2, 0) is 0 Å². The van der Waals surface area contributed by atoms with Gasteiger partial charge in [0.25, 0.3) is 0 Å². The van der Waals surface area contributed by atoms with Crippen LogP contribution in [0.1, 0.15) is 12.8 Å². The summed E-state index contributed by atoms with van der Waals surface area (Å²) in [7, 11) is 1.66. The van der Waals surface area contributed by atoms with Crippen LogP contribution in [0.25, 0.3) is 11.1 Å². The predicted octanol–water partition coefficient (Wildman–Crippen LogP) is 2.82. The SMILES string of the molecule is COc1cccc(-c2ccn(C(=O)N[C@H]3CN4CCC3CC4)c2)c1. The van der Waals surface area contributed by atoms with E-state index < -0.39 is 0 Å². The van der Waals surface area contributed by atoms with Gasteiger partial charge in [-0.2, -0.15) is 0 Å². The highest BCUT2D eigenvalue weighted by Crippen LogP contribution is 2.28. The molecule has 0 aliphatic carbocycles. The zero-order valence-corrected chi connectivity index (χ0v) is 13.9. The number of methoxy groups -OCH3 is 1. The lowest BCUT2D eigenvalue weighted by Crippen LogP contribution is -2.57. The first-order valence-electron chi connectivity index (χ1n) is 8.58. The lowest BCUT2D eigenvalue weighted by atomic mass is 9.84. The van der Waals surface area contributed by atoms with Crippen molar-refractivity contribution in [1.82, 2.24) is 14.8 Å². The van der Waals surface area contributed by atoms with E-state index in [1.54, 1.807) is 11.7 Å². The van der Waals surface area contributed by atoms with Gasteiger partial charge in [0.2, 0.25) is 0 Å². The van der Waals surface area contributed by atoms with E-state index in [1.807, 2.05) is 42.7 Å². The number of ether oxygens (including phenoxy) is 1. The molecule has 5 heteroatoms. The molecular weight excluding hydrogens is 302 g/mol. The van der Waals surface area contributed by atoms with Crippen molar-refractivity contribution >= 4 is 6.03 Å². The molecule has 1 aromatic carbocycles. The number of aromatic nitrogens is 1. The zero-order valence-electron chi connectivity index (χ0n) is 13.9. The average molecular weight is 325 g/mol. The Kier molecular flexibility index (Phi) is 4.02. The molecule has 3 aliphatic heterocycles. The molecule has 3 fully saturated rings. The fourth-order valence-corrected chi connectivity index (χ4v) is 3.86. The van der Waals surface area contributed by atoms with Crippen LogP contribution in [-0.4, -0.2) is 48.3 Å². The zero-order chi connectivity index (χ0) is 16.5. The third kappa shape index (κ3) is 2.91. The molecule has 126 valence electrons. The van der Waals surface area contributed by atoms with Crippen molar-refractivity contribution in [1.29, 1.82) is 0 Å². The molecule has 2 aromatic rings. The Labute approximate surface area is 142 Å². The van der Waals surface area contributed by atoms with Crippen molar-refractivity contribution in [3.8, 4) is 16.9 Å². The normalized spacial score (nSPS) is 25.5. The maximum absolute atomic E-state index is 12.6. The highest BCUT2D eigenvalue weighted by molar-refractivity contribution is 5.79. The summed E-state index contributed by atoms with van der Waals surface area (Å²) in [6.07, 6.45) is 6.11. The number of piperidine rings is 3. The molecular formula is C19H23N3O2. The van der Waals surface area contributed by atoms with Gasteiger partial charge in [-0.05, 0) is 55.6 Å². The summed E-state index contributed by atoms with van der Waals surface area (Å²) in [4.78, 5) is 15.0. The monoisotopic (exact) mass is 325 g/mol. The summed E-state index contributed by atoms with van der Waals surface area (Å²) < 4.78 is 6.91. The summed E-state index contributed by atoms with van der Waals surface area (Å²) in [5, 5.41) is 3.21. The Balaban J connectivity index is 1.47. The summed E-state index contributed by atoms with van der Waals surface area (Å²) in [6, 6.07) is 10.1. The molecule has 3 saturated heterocycles. The third-order valence-corrected chi connectivity index (χ3v) is 5.30. The van der Waals surface area contributed by atoms with Gasteiger partial charge < -0.3 is 15.0 Å². The van der Waals surface area contributed by atoms with E-state index in [0.717, 1.165) is 23.4 Å². The summed E-state index contributed by atoms with van der Waals surface area (Å²) >= 11 is 0. The van der Waals surface area contributed by atoms with Crippen LogP contribution < -0.4 is 10.1 Å². The number of hydrogen-bond donors (Lipinski definition) is 1. The fraction of sp³-hybridized carbons (Fsp3) is 0.421. The molecule has 1 aromatic heterocycles. The van der Waals surface area contributed by atoms with E-state index in [4.69, 9.17) is 4.74 Å². The van der Waals surface area contributed by atoms with Gasteiger partial charge in [-0.25, -0.2) is 4.79 Å². The van der Waals surface area contributed by atoms with Crippen molar-refractivity contribution in [3.05, 3.63) is 42.7 Å². The predicted molar refractivity (Wildman–Crippen MR) is 93.3 cm³/mol. The number of nitrogens with one attached hydrogen (secondary N) is 1. The van der Waals surface area contributed by atoms with Crippen LogP contribution in [0.15, 0.2) is 42.7 Å². The molecule has 2 bridgehead atoms. The van der Waals surface area contributed by atoms with Gasteiger partial charge in [-0.15, -0.1) is 0 Å². The second-order valence-corrected chi connectivity index (χ2v) is 6.73. The lowest BCUT2D eigenvalue weighted by Gasteiger charge is -2.44. The van der Waals surface area contributed by atoms with Crippen molar-refractivity contribution in [3.63, 3.8) is 0 Å². The molecule has 0 radical (unpaired) electrons. The van der Waals surface area contributed by atoms with Crippen LogP contribution in [0, 0.1) is 5.92 Å². The molecule has 0 saturated carbocycles. The van der Waals surface area contributed by atoms with Crippen molar-refractivity contribution in [2.45, 2.75) is 18.9 Å². The highest BCUT2D eigenvalue weighted by Gasteiger charge is 2.34. The number of benzene rings is 1. The average Bonchev–Trinajstić information content (AvgIpc) is 3.13. The summed E-state index contributed by atoms with van der Waals surface area (Å²) in [5.41, 5.74) is 2.06. The Hall–Kier alpha value is -2.27. The molecule has 1 N–H and O–H groups in total. The highest BCUT2D eigenvalue weighted by atomic mass is 16.5. The number of carbonyl (C=O) groups excluding carboxylic acids is 1. The minimum absolute atomic E-state index is 0.0390. The maximum Gasteiger partial charge on any atom is 0.325 e. The molecule has 0 unspecified atom stereocenters. The molecule has 1 amide bonds. The summed E-state index contributed by atoms with van der Waals surface area (Å²) in [6.45, 7) is 3.35. The number of hydrogen-bond acceptors (Lipinski definition) is 3. The third-order valence-electron chi connectivity index (χ3n) is 5.30. The molecule has 1 atom stereocenters. The number of amides is 1. The van der Waals surface area contributed by atoms with Gasteiger partial charge in [-0.1, -0.05) is 12.1 Å². The first-order valence-corrected chi connectivity index (χ1v) is 8.58. The molecule has 3 aliphatic rings. The lowest BCUT2D eigenvalue weighted by molar-refractivity contribution is 0.0767. The second kappa shape index (κ2) is 6.32. The van der Waals surface area contributed by atoms with Gasteiger partial charge in [0, 0.05) is 30.5 Å². The largest absolute Gasteiger partial charge is 0.497 e. The minimum Gasteiger partial charge on any atom is -0.497 e. The van der Waals surface area contributed by atoms with Crippen LogP contribution in [0.5, 0.6) is 5.75 Å². The van der Waals surface area contributed by atoms with Crippen LogP contribution >= 0.6 is 0 Å². The molecule has 24 heavy (non-hydrogen) atoms.